The van der Waals surface area contributed by atoms with Gasteiger partial charge in [0.1, 0.15) is 11.5 Å². The molecule has 0 saturated carbocycles. The average molecular weight is 778 g/mol. The Balaban J connectivity index is -0.000000158. The van der Waals surface area contributed by atoms with E-state index in [1.807, 2.05) is 0 Å². The van der Waals surface area contributed by atoms with E-state index in [1.165, 1.54) is 21.2 Å². The Morgan fingerprint density at radius 3 is 1.31 bits per heavy atom. The molecule has 0 unspecified atom stereocenters. The molecule has 0 aromatic heterocycles. The zero-order valence-electron chi connectivity index (χ0n) is 28.6. The van der Waals surface area contributed by atoms with Crippen molar-refractivity contribution in [2.75, 3.05) is 67.1 Å². The van der Waals surface area contributed by atoms with Crippen molar-refractivity contribution in [2.45, 2.75) is 52.3 Å². The number of ether oxygens (including phenoxy) is 3. The number of hydrogen-bond acceptors (Lipinski definition) is 12. The van der Waals surface area contributed by atoms with Crippen molar-refractivity contribution in [3.63, 3.8) is 0 Å². The molecule has 0 fully saturated rings. The third kappa shape index (κ3) is 18.9. The number of halogens is 1. The van der Waals surface area contributed by atoms with Crippen LogP contribution in [-0.4, -0.2) is 110 Å². The quantitative estimate of drug-likeness (QED) is 0.109. The van der Waals surface area contributed by atoms with Crippen molar-refractivity contribution >= 4 is 43.6 Å². The summed E-state index contributed by atoms with van der Waals surface area (Å²) in [6.07, 6.45) is 0. The number of carboxylic acid groups (broad SMARTS) is 2. The first kappa shape index (κ1) is 57.4. The molecule has 0 saturated heterocycles. The van der Waals surface area contributed by atoms with Gasteiger partial charge in [0.15, 0.2) is 0 Å². The number of alkyl halides is 1. The Morgan fingerprint density at radius 2 is 1.06 bits per heavy atom. The van der Waals surface area contributed by atoms with Gasteiger partial charge in [-0.15, -0.1) is 11.6 Å². The number of nitrogens with zero attached hydrogens (tertiary/aromatic N) is 2. The molecular formula is C30H51ClN2Na2O12S2. The van der Waals surface area contributed by atoms with Crippen LogP contribution in [0.15, 0.2) is 34.1 Å². The topological polar surface area (TPSA) is 203 Å². The predicted molar refractivity (Wildman–Crippen MR) is 179 cm³/mol. The van der Waals surface area contributed by atoms with Crippen LogP contribution in [-0.2, 0) is 34.4 Å². The Bertz CT molecular complexity index is 1470. The number of rotatable bonds is 14. The fourth-order valence-electron chi connectivity index (χ4n) is 3.91. The minimum absolute atomic E-state index is 0. The Hall–Kier alpha value is -0.990. The van der Waals surface area contributed by atoms with Crippen LogP contribution in [0, 0.1) is 27.7 Å². The number of aliphatic carboxylic acids is 2. The van der Waals surface area contributed by atoms with E-state index < -0.39 is 44.5 Å². The number of carbonyl (C=O) groups excluding carboxylic acids is 2. The third-order valence-electron chi connectivity index (χ3n) is 5.97. The molecule has 2 aromatic rings. The van der Waals surface area contributed by atoms with Crippen LogP contribution in [0.1, 0.15) is 38.5 Å². The summed E-state index contributed by atoms with van der Waals surface area (Å²) in [6, 6.07) is 6.68. The van der Waals surface area contributed by atoms with Gasteiger partial charge in [0.25, 0.3) is 0 Å². The largest absolute Gasteiger partial charge is 1.00 e. The van der Waals surface area contributed by atoms with Gasteiger partial charge in [-0.3, -0.25) is 0 Å². The standard InChI is InChI=1S/C14H21NO6S.C12H19NO4S.C2H3ClO2.2CH4.2Na.H2/c1-10-7-12(20-4)8-11(2)14(10)22(18,19)15(3)5-6-21-9-13(16)17;1-9-7-11(17-4)8-10(2)12(9)18(15,16)13(3)5-6-14;3-1-2(4)5;;;;;/h7-8H,5-6,9H2,1-4H3,(H,16,17);7-8,14H,5-6H2,1-4H3;1H2,(H,4,5);2*1H4;;;1H/q;;;;;2*+1;/p-2/i;;;;;;;1+1. The number of aliphatic hydroxyl groups is 1. The summed E-state index contributed by atoms with van der Waals surface area (Å²) < 4.78 is 67.2. The molecule has 0 aliphatic heterocycles. The Morgan fingerprint density at radius 1 is 0.755 bits per heavy atom. The SMILES string of the molecule is C.C.COc1cc(C)c(S(=O)(=O)N(C)CCO)c(C)c1.COc1cc(C)c(S(=O)(=O)N(C)CCOCC(=O)[O-])c(C)c1.O=C([O-])CCl.[2HH].[Na+].[Na+]. The number of methoxy groups -OCH3 is 2. The molecule has 2 aromatic carbocycles. The Kier molecular flexibility index (Phi) is 32.3. The molecule has 0 atom stereocenters. The number of hydrogen-bond donors (Lipinski definition) is 1. The van der Waals surface area contributed by atoms with Crippen molar-refractivity contribution in [3.8, 4) is 11.5 Å². The third-order valence-corrected chi connectivity index (χ3v) is 10.5. The predicted octanol–water partition coefficient (Wildman–Crippen LogP) is -4.87. The van der Waals surface area contributed by atoms with Crippen LogP contribution in [0.2, 0.25) is 0 Å². The van der Waals surface area contributed by atoms with Gasteiger partial charge in [-0.05, 0) is 74.2 Å². The van der Waals surface area contributed by atoms with Gasteiger partial charge in [-0.2, -0.15) is 8.61 Å². The van der Waals surface area contributed by atoms with E-state index in [-0.39, 0.29) is 111 Å². The zero-order valence-corrected chi connectivity index (χ0v) is 35.0. The van der Waals surface area contributed by atoms with E-state index in [0.717, 1.165) is 8.61 Å². The maximum atomic E-state index is 12.6. The molecule has 19 heteroatoms. The number of sulfonamides is 2. The minimum Gasteiger partial charge on any atom is -0.549 e. The van der Waals surface area contributed by atoms with E-state index in [0.29, 0.717) is 33.8 Å². The summed E-state index contributed by atoms with van der Waals surface area (Å²) in [6.45, 7) is 6.18. The molecular weight excluding hydrogens is 726 g/mol. The van der Waals surface area contributed by atoms with Crippen LogP contribution in [0.25, 0.3) is 0 Å². The summed E-state index contributed by atoms with van der Waals surface area (Å²) in [5.74, 6) is -1.76. The molecule has 0 bridgehead atoms. The molecule has 0 amide bonds. The van der Waals surface area contributed by atoms with Gasteiger partial charge in [0, 0.05) is 28.6 Å². The second kappa shape index (κ2) is 27.6. The molecule has 0 spiro atoms. The molecule has 0 heterocycles. The number of aliphatic hydroxyl groups excluding tert-OH is 1. The van der Waals surface area contributed by atoms with Crippen molar-refractivity contribution in [2.24, 2.45) is 0 Å². The second-order valence-corrected chi connectivity index (χ2v) is 13.7. The normalized spacial score (nSPS) is 10.4. The summed E-state index contributed by atoms with van der Waals surface area (Å²) in [4.78, 5) is 19.9. The molecule has 49 heavy (non-hydrogen) atoms. The van der Waals surface area contributed by atoms with Gasteiger partial charge in [-0.1, -0.05) is 14.9 Å². The first-order chi connectivity index (χ1) is 20.8. The maximum Gasteiger partial charge on any atom is 1.00 e. The fraction of sp³-hybridized carbons (Fsp3) is 0.533. The first-order valence-corrected chi connectivity index (χ1v) is 16.6. The van der Waals surface area contributed by atoms with E-state index in [9.17, 15) is 26.7 Å². The zero-order chi connectivity index (χ0) is 35.1. The van der Waals surface area contributed by atoms with Gasteiger partial charge >= 0.3 is 59.1 Å². The minimum atomic E-state index is -3.69. The van der Waals surface area contributed by atoms with Gasteiger partial charge in [0.05, 0.1) is 61.6 Å². The van der Waals surface area contributed by atoms with Crippen molar-refractivity contribution < 1.29 is 116 Å². The van der Waals surface area contributed by atoms with Crippen molar-refractivity contribution in [3.05, 3.63) is 46.5 Å². The van der Waals surface area contributed by atoms with E-state index >= 15 is 0 Å². The molecule has 0 radical (unpaired) electrons. The first-order valence-electron chi connectivity index (χ1n) is 13.2. The van der Waals surface area contributed by atoms with Crippen LogP contribution >= 0.6 is 11.6 Å². The molecule has 0 aliphatic carbocycles. The van der Waals surface area contributed by atoms with E-state index in [1.54, 1.807) is 59.1 Å². The summed E-state index contributed by atoms with van der Waals surface area (Å²) in [7, 11) is -1.33. The van der Waals surface area contributed by atoms with E-state index in [2.05, 4.69) is 11.6 Å². The van der Waals surface area contributed by atoms with Gasteiger partial charge in [-0.25, -0.2) is 16.8 Å². The summed E-state index contributed by atoms with van der Waals surface area (Å²) in [5, 5.41) is 28.2. The number of carbonyl (C=O) groups is 2. The number of aryl methyl sites for hydroxylation is 4. The summed E-state index contributed by atoms with van der Waals surface area (Å²) >= 11 is 4.67. The monoisotopic (exact) mass is 777 g/mol. The van der Waals surface area contributed by atoms with Crippen LogP contribution in [0.5, 0.6) is 11.5 Å². The van der Waals surface area contributed by atoms with Crippen LogP contribution in [0.3, 0.4) is 0 Å². The Labute approximate surface area is 343 Å². The molecule has 0 aliphatic rings. The smallest absolute Gasteiger partial charge is 0.549 e. The van der Waals surface area contributed by atoms with Crippen LogP contribution < -0.4 is 78.8 Å². The summed E-state index contributed by atoms with van der Waals surface area (Å²) in [5.41, 5.74) is 2.44. The average Bonchev–Trinajstić information content (AvgIpc) is 2.94. The van der Waals surface area contributed by atoms with Gasteiger partial charge < -0.3 is 39.1 Å². The van der Waals surface area contributed by atoms with Crippen molar-refractivity contribution in [1.29, 1.82) is 0 Å². The van der Waals surface area contributed by atoms with E-state index in [4.69, 9.17) is 29.2 Å². The number of carboxylic acids is 2. The molecule has 2 rings (SSSR count). The fourth-order valence-corrected chi connectivity index (χ4v) is 7.04. The maximum absolute atomic E-state index is 12.6. The van der Waals surface area contributed by atoms with Crippen LogP contribution in [0.4, 0.5) is 0 Å². The molecule has 274 valence electrons. The number of benzene rings is 2. The van der Waals surface area contributed by atoms with Gasteiger partial charge in [0.2, 0.25) is 20.0 Å². The molecule has 1 N–H and O–H groups in total. The van der Waals surface area contributed by atoms with Crippen molar-refractivity contribution in [1.82, 2.24) is 8.61 Å². The number of likely N-dealkylation sites (N-methyl/N-ethyl adjacent to an activating group) is 2. The molecule has 14 nitrogen and oxygen atoms in total. The second-order valence-electron chi connectivity index (χ2n) is 9.49.